The third-order valence-corrected chi connectivity index (χ3v) is 3.61. The van der Waals surface area contributed by atoms with Gasteiger partial charge in [0.25, 0.3) is 0 Å². The van der Waals surface area contributed by atoms with E-state index in [9.17, 15) is 9.59 Å². The van der Waals surface area contributed by atoms with Crippen LogP contribution in [0.4, 0.5) is 0 Å². The van der Waals surface area contributed by atoms with Gasteiger partial charge in [-0.25, -0.2) is 4.79 Å². The molecule has 5 heteroatoms. The molecule has 1 N–H and O–H groups in total. The number of hydrogen-bond donors (Lipinski definition) is 1. The molecule has 1 fully saturated rings. The highest BCUT2D eigenvalue weighted by Gasteiger charge is 2.52. The Hall–Kier alpha value is -1.88. The van der Waals surface area contributed by atoms with Gasteiger partial charge in [-0.05, 0) is 12.5 Å². The molecule has 1 heterocycles. The zero-order valence-electron chi connectivity index (χ0n) is 11.7. The van der Waals surface area contributed by atoms with Crippen LogP contribution in [0, 0.1) is 0 Å². The fraction of sp³-hybridized carbons (Fsp3) is 0.467. The Morgan fingerprint density at radius 2 is 2.10 bits per heavy atom. The van der Waals surface area contributed by atoms with Gasteiger partial charge in [0.1, 0.15) is 6.04 Å². The summed E-state index contributed by atoms with van der Waals surface area (Å²) in [4.78, 5) is 24.0. The maximum Gasteiger partial charge on any atom is 0.329 e. The summed E-state index contributed by atoms with van der Waals surface area (Å²) < 4.78 is 10.4. The Kier molecular flexibility index (Phi) is 4.39. The largest absolute Gasteiger partial charge is 0.464 e. The predicted molar refractivity (Wildman–Crippen MR) is 73.2 cm³/mol. The van der Waals surface area contributed by atoms with Gasteiger partial charge < -0.3 is 14.8 Å². The maximum absolute atomic E-state index is 12.2. The van der Waals surface area contributed by atoms with Crippen molar-refractivity contribution in [1.82, 2.24) is 5.32 Å². The number of esters is 1. The lowest BCUT2D eigenvalue weighted by Gasteiger charge is -2.32. The molecule has 0 aromatic heterocycles. The third kappa shape index (κ3) is 2.54. The highest BCUT2D eigenvalue weighted by atomic mass is 16.5. The first-order chi connectivity index (χ1) is 9.64. The zero-order valence-corrected chi connectivity index (χ0v) is 11.7. The second-order valence-electron chi connectivity index (χ2n) is 4.88. The number of nitrogens with one attached hydrogen (secondary N) is 1. The molecular weight excluding hydrogens is 258 g/mol. The molecule has 0 aliphatic carbocycles. The van der Waals surface area contributed by atoms with Crippen molar-refractivity contribution in [2.45, 2.75) is 24.8 Å². The van der Waals surface area contributed by atoms with E-state index in [2.05, 4.69) is 5.32 Å². The number of methoxy groups -OCH3 is 1. The minimum Gasteiger partial charge on any atom is -0.464 e. The van der Waals surface area contributed by atoms with Crippen LogP contribution in [-0.2, 0) is 24.5 Å². The number of benzene rings is 1. The van der Waals surface area contributed by atoms with Crippen molar-refractivity contribution < 1.29 is 19.1 Å². The van der Waals surface area contributed by atoms with Crippen LogP contribution >= 0.6 is 0 Å². The quantitative estimate of drug-likeness (QED) is 0.816. The smallest absolute Gasteiger partial charge is 0.329 e. The Bertz CT molecular complexity index is 488. The predicted octanol–water partition coefficient (Wildman–Crippen LogP) is 1.02. The van der Waals surface area contributed by atoms with Gasteiger partial charge >= 0.3 is 5.97 Å². The van der Waals surface area contributed by atoms with Crippen molar-refractivity contribution in [2.24, 2.45) is 0 Å². The van der Waals surface area contributed by atoms with Crippen LogP contribution < -0.4 is 5.32 Å². The minimum absolute atomic E-state index is 0.163. The van der Waals surface area contributed by atoms with Crippen LogP contribution in [0.2, 0.25) is 0 Å². The van der Waals surface area contributed by atoms with Gasteiger partial charge in [-0.1, -0.05) is 30.3 Å². The summed E-state index contributed by atoms with van der Waals surface area (Å²) in [6, 6.07) is 8.78. The number of ether oxygens (including phenoxy) is 2. The van der Waals surface area contributed by atoms with Gasteiger partial charge in [0.15, 0.2) is 0 Å². The minimum atomic E-state index is -0.711. The maximum atomic E-state index is 12.2. The molecule has 2 unspecified atom stereocenters. The average Bonchev–Trinajstić information content (AvgIpc) is 2.78. The average molecular weight is 277 g/mol. The molecule has 1 aromatic carbocycles. The molecule has 0 saturated carbocycles. The van der Waals surface area contributed by atoms with Crippen molar-refractivity contribution in [3.05, 3.63) is 35.9 Å². The summed E-state index contributed by atoms with van der Waals surface area (Å²) in [6.45, 7) is 2.30. The number of hydrogen-bond acceptors (Lipinski definition) is 4. The molecular formula is C15H19NO4. The molecule has 0 spiro atoms. The molecule has 5 nitrogen and oxygen atoms in total. The summed E-state index contributed by atoms with van der Waals surface area (Å²) in [5.74, 6) is -0.580. The second-order valence-corrected chi connectivity index (χ2v) is 4.88. The lowest BCUT2D eigenvalue weighted by atomic mass is 9.74. The molecule has 2 rings (SSSR count). The first-order valence-electron chi connectivity index (χ1n) is 6.64. The van der Waals surface area contributed by atoms with Gasteiger partial charge in [0.2, 0.25) is 5.91 Å². The molecule has 0 radical (unpaired) electrons. The first-order valence-corrected chi connectivity index (χ1v) is 6.64. The van der Waals surface area contributed by atoms with Gasteiger partial charge in [-0.2, -0.15) is 0 Å². The standard InChI is InChI=1S/C15H19NO4/c1-3-20-14(18)13-15(10-19-2,9-12(17)16-13)11-7-5-4-6-8-11/h4-8,13H,3,9-10H2,1-2H3,(H,16,17). The Morgan fingerprint density at radius 1 is 1.40 bits per heavy atom. The van der Waals surface area contributed by atoms with Crippen LogP contribution in [-0.4, -0.2) is 38.2 Å². The Labute approximate surface area is 118 Å². The van der Waals surface area contributed by atoms with Gasteiger partial charge in [-0.15, -0.1) is 0 Å². The molecule has 1 aromatic rings. The molecule has 1 aliphatic heterocycles. The monoisotopic (exact) mass is 277 g/mol. The lowest BCUT2D eigenvalue weighted by molar-refractivity contribution is -0.148. The van der Waals surface area contributed by atoms with Gasteiger partial charge in [0.05, 0.1) is 18.6 Å². The topological polar surface area (TPSA) is 64.6 Å². The summed E-state index contributed by atoms with van der Waals surface area (Å²) in [6.07, 6.45) is 0.217. The van der Waals surface area contributed by atoms with E-state index in [1.807, 2.05) is 30.3 Å². The summed E-state index contributed by atoms with van der Waals surface area (Å²) >= 11 is 0. The highest BCUT2D eigenvalue weighted by Crippen LogP contribution is 2.37. The van der Waals surface area contributed by atoms with E-state index in [-0.39, 0.29) is 25.5 Å². The van der Waals surface area contributed by atoms with Crippen LogP contribution in [0.3, 0.4) is 0 Å². The summed E-state index contributed by atoms with van der Waals surface area (Å²) in [5.41, 5.74) is 0.192. The van der Waals surface area contributed by atoms with Crippen LogP contribution in [0.25, 0.3) is 0 Å². The summed E-state index contributed by atoms with van der Waals surface area (Å²) in [5, 5.41) is 2.72. The molecule has 1 saturated heterocycles. The molecule has 1 amide bonds. The van der Waals surface area contributed by atoms with Crippen molar-refractivity contribution >= 4 is 11.9 Å². The van der Waals surface area contributed by atoms with Crippen LogP contribution in [0.15, 0.2) is 30.3 Å². The number of amides is 1. The van der Waals surface area contributed by atoms with E-state index >= 15 is 0 Å². The third-order valence-electron chi connectivity index (χ3n) is 3.61. The fourth-order valence-corrected chi connectivity index (χ4v) is 2.76. The molecule has 0 bridgehead atoms. The van der Waals surface area contributed by atoms with Crippen molar-refractivity contribution in [2.75, 3.05) is 20.3 Å². The second kappa shape index (κ2) is 6.05. The fourth-order valence-electron chi connectivity index (χ4n) is 2.76. The summed E-state index contributed by atoms with van der Waals surface area (Å²) in [7, 11) is 1.57. The molecule has 1 aliphatic rings. The van der Waals surface area contributed by atoms with Crippen LogP contribution in [0.1, 0.15) is 18.9 Å². The lowest BCUT2D eigenvalue weighted by Crippen LogP contribution is -2.49. The van der Waals surface area contributed by atoms with E-state index in [0.29, 0.717) is 0 Å². The molecule has 108 valence electrons. The van der Waals surface area contributed by atoms with Crippen molar-refractivity contribution in [1.29, 1.82) is 0 Å². The zero-order chi connectivity index (χ0) is 14.6. The first kappa shape index (κ1) is 14.5. The normalized spacial score (nSPS) is 25.3. The number of rotatable bonds is 5. The van der Waals surface area contributed by atoms with Crippen LogP contribution in [0.5, 0.6) is 0 Å². The molecule has 20 heavy (non-hydrogen) atoms. The van der Waals surface area contributed by atoms with E-state index < -0.39 is 17.4 Å². The van der Waals surface area contributed by atoms with Gasteiger partial charge in [-0.3, -0.25) is 4.79 Å². The molecule has 2 atom stereocenters. The number of carbonyl (C=O) groups excluding carboxylic acids is 2. The van der Waals surface area contributed by atoms with Crippen molar-refractivity contribution in [3.8, 4) is 0 Å². The van der Waals surface area contributed by atoms with E-state index in [1.165, 1.54) is 0 Å². The SMILES string of the molecule is CCOC(=O)C1NC(=O)CC1(COC)c1ccccc1. The highest BCUT2D eigenvalue weighted by molar-refractivity contribution is 5.91. The van der Waals surface area contributed by atoms with E-state index in [1.54, 1.807) is 14.0 Å². The Morgan fingerprint density at radius 3 is 2.70 bits per heavy atom. The van der Waals surface area contributed by atoms with Gasteiger partial charge in [0, 0.05) is 13.5 Å². The van der Waals surface area contributed by atoms with E-state index in [0.717, 1.165) is 5.56 Å². The van der Waals surface area contributed by atoms with Crippen molar-refractivity contribution in [3.63, 3.8) is 0 Å². The Balaban J connectivity index is 2.43. The number of carbonyl (C=O) groups is 2. The van der Waals surface area contributed by atoms with E-state index in [4.69, 9.17) is 9.47 Å².